The van der Waals surface area contributed by atoms with Gasteiger partial charge in [-0.15, -0.1) is 0 Å². The fraction of sp³-hybridized carbons (Fsp3) is 0.500. The minimum absolute atomic E-state index is 0.284. The second-order valence-corrected chi connectivity index (χ2v) is 4.61. The van der Waals surface area contributed by atoms with Gasteiger partial charge in [0, 0.05) is 6.42 Å². The summed E-state index contributed by atoms with van der Waals surface area (Å²) in [5.74, 6) is 0.284. The third kappa shape index (κ3) is 2.70. The van der Waals surface area contributed by atoms with Gasteiger partial charge >= 0.3 is 0 Å². The van der Waals surface area contributed by atoms with Crippen LogP contribution in [0.25, 0.3) is 0 Å². The third-order valence-corrected chi connectivity index (χ3v) is 3.48. The number of hydrogen-bond donors (Lipinski definition) is 0. The van der Waals surface area contributed by atoms with Crippen molar-refractivity contribution in [2.24, 2.45) is 0 Å². The molecule has 1 unspecified atom stereocenters. The Labute approximate surface area is 98.3 Å². The maximum Gasteiger partial charge on any atom is 0.157 e. The van der Waals surface area contributed by atoms with Gasteiger partial charge in [0.15, 0.2) is 5.78 Å². The highest BCUT2D eigenvalue weighted by Gasteiger charge is 2.32. The van der Waals surface area contributed by atoms with Crippen LogP contribution in [-0.4, -0.2) is 30.3 Å². The van der Waals surface area contributed by atoms with Crippen molar-refractivity contribution in [1.29, 1.82) is 0 Å². The molecule has 2 nitrogen and oxygen atoms in total. The molecule has 1 aromatic carbocycles. The summed E-state index contributed by atoms with van der Waals surface area (Å²) in [6, 6.07) is 9.93. The first-order valence-electron chi connectivity index (χ1n) is 5.75. The van der Waals surface area contributed by atoms with Crippen LogP contribution in [0.4, 0.5) is 0 Å². The average Bonchev–Trinajstić information content (AvgIpc) is 2.28. The van der Waals surface area contributed by atoms with Crippen molar-refractivity contribution in [2.45, 2.75) is 32.2 Å². The first kappa shape index (κ1) is 12.9. The molecule has 0 radical (unpaired) electrons. The summed E-state index contributed by atoms with van der Waals surface area (Å²) >= 11 is 0. The monoisotopic (exact) mass is 219 g/mol. The van der Waals surface area contributed by atoms with E-state index >= 15 is 0 Å². The zero-order valence-corrected chi connectivity index (χ0v) is 10.7. The molecule has 1 rings (SSSR count). The van der Waals surface area contributed by atoms with E-state index in [0.717, 1.165) is 12.0 Å². The SMILES string of the molecule is CCC(C)(C(=O)Cc1ccccc1)N(C)C. The topological polar surface area (TPSA) is 20.3 Å². The first-order valence-corrected chi connectivity index (χ1v) is 5.75. The second-order valence-electron chi connectivity index (χ2n) is 4.61. The van der Waals surface area contributed by atoms with Crippen LogP contribution in [0.15, 0.2) is 30.3 Å². The van der Waals surface area contributed by atoms with Crippen LogP contribution in [0.2, 0.25) is 0 Å². The summed E-state index contributed by atoms with van der Waals surface area (Å²) in [5, 5.41) is 0. The molecule has 0 aliphatic heterocycles. The number of likely N-dealkylation sites (N-methyl/N-ethyl adjacent to an activating group) is 1. The van der Waals surface area contributed by atoms with Crippen molar-refractivity contribution < 1.29 is 4.79 Å². The maximum absolute atomic E-state index is 12.3. The number of nitrogens with zero attached hydrogens (tertiary/aromatic N) is 1. The largest absolute Gasteiger partial charge is 0.297 e. The lowest BCUT2D eigenvalue weighted by atomic mass is 9.88. The van der Waals surface area contributed by atoms with Crippen LogP contribution in [0, 0.1) is 0 Å². The number of carbonyl (C=O) groups is 1. The molecular formula is C14H21NO. The molecule has 0 spiro atoms. The van der Waals surface area contributed by atoms with Gasteiger partial charge in [-0.05, 0) is 33.0 Å². The summed E-state index contributed by atoms with van der Waals surface area (Å²) in [6.45, 7) is 4.07. The minimum Gasteiger partial charge on any atom is -0.297 e. The van der Waals surface area contributed by atoms with Gasteiger partial charge < -0.3 is 0 Å². The molecule has 0 saturated carbocycles. The molecule has 0 bridgehead atoms. The Bertz CT molecular complexity index is 345. The molecule has 0 saturated heterocycles. The lowest BCUT2D eigenvalue weighted by Crippen LogP contribution is -2.48. The third-order valence-electron chi connectivity index (χ3n) is 3.48. The molecule has 0 aromatic heterocycles. The lowest BCUT2D eigenvalue weighted by molar-refractivity contribution is -0.128. The van der Waals surface area contributed by atoms with Gasteiger partial charge in [0.05, 0.1) is 5.54 Å². The smallest absolute Gasteiger partial charge is 0.157 e. The van der Waals surface area contributed by atoms with Gasteiger partial charge in [0.25, 0.3) is 0 Å². The Morgan fingerprint density at radius 1 is 1.25 bits per heavy atom. The Kier molecular flexibility index (Phi) is 4.25. The number of ketones is 1. The molecule has 0 amide bonds. The maximum atomic E-state index is 12.3. The lowest BCUT2D eigenvalue weighted by Gasteiger charge is -2.34. The molecule has 0 N–H and O–H groups in total. The summed E-state index contributed by atoms with van der Waals surface area (Å²) in [6.07, 6.45) is 1.36. The molecule has 16 heavy (non-hydrogen) atoms. The van der Waals surface area contributed by atoms with Gasteiger partial charge in [-0.2, -0.15) is 0 Å². The van der Waals surface area contributed by atoms with E-state index in [4.69, 9.17) is 0 Å². The van der Waals surface area contributed by atoms with Crippen molar-refractivity contribution >= 4 is 5.78 Å². The highest BCUT2D eigenvalue weighted by Crippen LogP contribution is 2.19. The fourth-order valence-corrected chi connectivity index (χ4v) is 1.73. The van der Waals surface area contributed by atoms with Gasteiger partial charge in [-0.3, -0.25) is 9.69 Å². The van der Waals surface area contributed by atoms with Gasteiger partial charge in [0.1, 0.15) is 0 Å². The van der Waals surface area contributed by atoms with E-state index in [1.807, 2.05) is 56.3 Å². The Hall–Kier alpha value is -1.15. The molecule has 1 atom stereocenters. The van der Waals surface area contributed by atoms with Crippen molar-refractivity contribution in [3.63, 3.8) is 0 Å². The minimum atomic E-state index is -0.351. The van der Waals surface area contributed by atoms with Gasteiger partial charge in [-0.1, -0.05) is 37.3 Å². The van der Waals surface area contributed by atoms with E-state index in [1.54, 1.807) is 0 Å². The summed E-state index contributed by atoms with van der Waals surface area (Å²) in [4.78, 5) is 14.3. The standard InChI is InChI=1S/C14H21NO/c1-5-14(2,15(3)4)13(16)11-12-9-7-6-8-10-12/h6-10H,5,11H2,1-4H3. The van der Waals surface area contributed by atoms with E-state index in [9.17, 15) is 4.79 Å². The van der Waals surface area contributed by atoms with Crippen LogP contribution in [-0.2, 0) is 11.2 Å². The molecule has 0 heterocycles. The van der Waals surface area contributed by atoms with Crippen LogP contribution in [0.1, 0.15) is 25.8 Å². The van der Waals surface area contributed by atoms with Gasteiger partial charge in [-0.25, -0.2) is 0 Å². The molecular weight excluding hydrogens is 198 g/mol. The number of rotatable bonds is 5. The van der Waals surface area contributed by atoms with Crippen LogP contribution in [0.5, 0.6) is 0 Å². The Balaban J connectivity index is 2.79. The van der Waals surface area contributed by atoms with E-state index in [2.05, 4.69) is 6.92 Å². The van der Waals surface area contributed by atoms with Crippen molar-refractivity contribution in [3.8, 4) is 0 Å². The predicted octanol–water partition coefficient (Wildman–Crippen LogP) is 2.53. The number of Topliss-reactive ketones (excluding diaryl/α,β-unsaturated/α-hetero) is 1. The molecule has 0 fully saturated rings. The van der Waals surface area contributed by atoms with E-state index < -0.39 is 0 Å². The van der Waals surface area contributed by atoms with Gasteiger partial charge in [0.2, 0.25) is 0 Å². The normalized spacial score (nSPS) is 14.8. The van der Waals surface area contributed by atoms with Crippen LogP contribution < -0.4 is 0 Å². The van der Waals surface area contributed by atoms with E-state index in [1.165, 1.54) is 0 Å². The molecule has 0 aliphatic rings. The number of benzene rings is 1. The molecule has 88 valence electrons. The van der Waals surface area contributed by atoms with Crippen LogP contribution in [0.3, 0.4) is 0 Å². The summed E-state index contributed by atoms with van der Waals surface area (Å²) in [5.41, 5.74) is 0.740. The first-order chi connectivity index (χ1) is 7.50. The average molecular weight is 219 g/mol. The highest BCUT2D eigenvalue weighted by atomic mass is 16.1. The number of carbonyl (C=O) groups excluding carboxylic acids is 1. The fourth-order valence-electron chi connectivity index (χ4n) is 1.73. The quantitative estimate of drug-likeness (QED) is 0.758. The van der Waals surface area contributed by atoms with Crippen LogP contribution >= 0.6 is 0 Å². The van der Waals surface area contributed by atoms with E-state index in [-0.39, 0.29) is 11.3 Å². The van der Waals surface area contributed by atoms with Crippen molar-refractivity contribution in [2.75, 3.05) is 14.1 Å². The van der Waals surface area contributed by atoms with E-state index in [0.29, 0.717) is 6.42 Å². The molecule has 1 aromatic rings. The van der Waals surface area contributed by atoms with Crippen molar-refractivity contribution in [1.82, 2.24) is 4.90 Å². The zero-order chi connectivity index (χ0) is 12.2. The highest BCUT2D eigenvalue weighted by molar-refractivity contribution is 5.89. The zero-order valence-electron chi connectivity index (χ0n) is 10.7. The summed E-state index contributed by atoms with van der Waals surface area (Å²) < 4.78 is 0. The number of hydrogen-bond acceptors (Lipinski definition) is 2. The predicted molar refractivity (Wildman–Crippen MR) is 67.5 cm³/mol. The molecule has 0 aliphatic carbocycles. The van der Waals surface area contributed by atoms with Crippen molar-refractivity contribution in [3.05, 3.63) is 35.9 Å². The summed E-state index contributed by atoms with van der Waals surface area (Å²) in [7, 11) is 3.93. The second kappa shape index (κ2) is 5.26. The Morgan fingerprint density at radius 2 is 1.81 bits per heavy atom. The molecule has 2 heteroatoms. The Morgan fingerprint density at radius 3 is 2.25 bits per heavy atom.